The number of likely N-dealkylation sites (tertiary alicyclic amines) is 1. The summed E-state index contributed by atoms with van der Waals surface area (Å²) >= 11 is 0. The average Bonchev–Trinajstić information content (AvgIpc) is 3.37. The Bertz CT molecular complexity index is 1030. The molecule has 5 heteroatoms. The normalized spacial score (nSPS) is 30.4. The molecule has 1 amide bonds. The molecule has 4 unspecified atom stereocenters. The minimum absolute atomic E-state index is 0.0169. The lowest BCUT2D eigenvalue weighted by molar-refractivity contribution is -0.147. The summed E-state index contributed by atoms with van der Waals surface area (Å²) in [6.07, 6.45) is 8.94. The number of piperidine rings is 1. The molecular weight excluding hydrogens is 403 g/mol. The first-order valence-electron chi connectivity index (χ1n) is 12.3. The Morgan fingerprint density at radius 3 is 2.72 bits per heavy atom. The molecule has 0 radical (unpaired) electrons. The molecule has 174 valence electrons. The highest BCUT2D eigenvalue weighted by molar-refractivity contribution is 5.91. The molecule has 3 aliphatic rings. The number of fused-ring (bicyclic) bond motifs is 3. The number of amides is 1. The van der Waals surface area contributed by atoms with Gasteiger partial charge in [0.1, 0.15) is 0 Å². The van der Waals surface area contributed by atoms with E-state index in [1.807, 2.05) is 6.20 Å². The number of nitrogens with one attached hydrogen (secondary N) is 1. The van der Waals surface area contributed by atoms with Gasteiger partial charge in [0.05, 0.1) is 6.10 Å². The first kappa shape index (κ1) is 21.8. The van der Waals surface area contributed by atoms with Crippen LogP contribution >= 0.6 is 0 Å². The van der Waals surface area contributed by atoms with Gasteiger partial charge in [-0.25, -0.2) is 4.39 Å². The molecule has 4 nitrogen and oxygen atoms in total. The van der Waals surface area contributed by atoms with Crippen LogP contribution in [0.3, 0.4) is 0 Å². The van der Waals surface area contributed by atoms with Crippen LogP contribution in [0, 0.1) is 16.6 Å². The zero-order valence-corrected chi connectivity index (χ0v) is 20.1. The van der Waals surface area contributed by atoms with E-state index in [0.29, 0.717) is 23.6 Å². The van der Waals surface area contributed by atoms with Crippen LogP contribution in [0.1, 0.15) is 91.0 Å². The molecule has 0 spiro atoms. The van der Waals surface area contributed by atoms with Crippen LogP contribution in [0.15, 0.2) is 18.3 Å². The monoisotopic (exact) mass is 440 g/mol. The van der Waals surface area contributed by atoms with Gasteiger partial charge in [-0.15, -0.1) is 0 Å². The van der Waals surface area contributed by atoms with Gasteiger partial charge in [0.15, 0.2) is 11.6 Å². The standard InChI is InChI=1S/C27H37FN2O2/c1-16(20-14-29-22-9-8-21(28)25(24(20)22)32-19-6-7-19)10-23(31)30-17(2)11-27(5)13-18(30)12-26(3,4)15-27/h8-9,14,16-19,29H,6-7,10-13,15H2,1-5H3. The molecular formula is C27H37FN2O2. The molecule has 2 heterocycles. The maximum Gasteiger partial charge on any atom is 0.223 e. The van der Waals surface area contributed by atoms with Crippen molar-refractivity contribution in [2.24, 2.45) is 10.8 Å². The Labute approximate surface area is 190 Å². The highest BCUT2D eigenvalue weighted by atomic mass is 19.1. The SMILES string of the molecule is CC(CC(=O)N1C(C)CC2(C)CC1CC(C)(C)C2)c1c[nH]c2ccc(F)c(OC3CC3)c12. The Kier molecular flexibility index (Phi) is 5.10. The number of benzene rings is 1. The van der Waals surface area contributed by atoms with E-state index in [4.69, 9.17) is 4.74 Å². The van der Waals surface area contributed by atoms with Crippen molar-refractivity contribution in [2.75, 3.05) is 0 Å². The number of H-pyrrole nitrogens is 1. The molecule has 1 aromatic heterocycles. The number of halogens is 1. The van der Waals surface area contributed by atoms with Gasteiger partial charge in [0.2, 0.25) is 5.91 Å². The maximum atomic E-state index is 14.7. The van der Waals surface area contributed by atoms with Crippen LogP contribution in [-0.2, 0) is 4.79 Å². The number of aromatic amines is 1. The zero-order chi connectivity index (χ0) is 22.8. The third kappa shape index (κ3) is 3.92. The van der Waals surface area contributed by atoms with E-state index in [0.717, 1.165) is 48.6 Å². The smallest absolute Gasteiger partial charge is 0.223 e. The van der Waals surface area contributed by atoms with E-state index in [-0.39, 0.29) is 35.2 Å². The van der Waals surface area contributed by atoms with E-state index >= 15 is 0 Å². The van der Waals surface area contributed by atoms with Gasteiger partial charge in [-0.1, -0.05) is 27.7 Å². The van der Waals surface area contributed by atoms with Crippen molar-refractivity contribution in [1.82, 2.24) is 9.88 Å². The van der Waals surface area contributed by atoms with E-state index in [1.54, 1.807) is 6.07 Å². The number of carbonyl (C=O) groups excluding carboxylic acids is 1. The number of nitrogens with zero attached hydrogens (tertiary/aromatic N) is 1. The fourth-order valence-electron chi connectivity index (χ4n) is 7.08. The first-order chi connectivity index (χ1) is 15.1. The van der Waals surface area contributed by atoms with Crippen molar-refractivity contribution in [1.29, 1.82) is 0 Å². The van der Waals surface area contributed by atoms with Crippen LogP contribution < -0.4 is 4.74 Å². The highest BCUT2D eigenvalue weighted by Crippen LogP contribution is 2.53. The second-order valence-electron chi connectivity index (χ2n) is 12.0. The summed E-state index contributed by atoms with van der Waals surface area (Å²) in [7, 11) is 0. The number of carbonyl (C=O) groups is 1. The molecule has 5 rings (SSSR count). The third-order valence-corrected chi connectivity index (χ3v) is 7.97. The largest absolute Gasteiger partial charge is 0.487 e. The van der Waals surface area contributed by atoms with E-state index < -0.39 is 0 Å². The second-order valence-corrected chi connectivity index (χ2v) is 12.0. The van der Waals surface area contributed by atoms with Gasteiger partial charge in [0, 0.05) is 35.6 Å². The van der Waals surface area contributed by atoms with Gasteiger partial charge < -0.3 is 14.6 Å². The topological polar surface area (TPSA) is 45.3 Å². The molecule has 2 bridgehead atoms. The fraction of sp³-hybridized carbons (Fsp3) is 0.667. The van der Waals surface area contributed by atoms with E-state index in [1.165, 1.54) is 12.5 Å². The Balaban J connectivity index is 1.39. The average molecular weight is 441 g/mol. The Morgan fingerprint density at radius 1 is 1.25 bits per heavy atom. The second kappa shape index (κ2) is 7.50. The molecule has 1 aliphatic heterocycles. The number of ether oxygens (including phenoxy) is 1. The molecule has 1 N–H and O–H groups in total. The minimum Gasteiger partial charge on any atom is -0.487 e. The molecule has 2 aliphatic carbocycles. The fourth-order valence-corrected chi connectivity index (χ4v) is 7.08. The van der Waals surface area contributed by atoms with Crippen molar-refractivity contribution in [3.05, 3.63) is 29.7 Å². The molecule has 4 atom stereocenters. The first-order valence-corrected chi connectivity index (χ1v) is 12.3. The number of rotatable bonds is 5. The number of aromatic nitrogens is 1. The van der Waals surface area contributed by atoms with Crippen molar-refractivity contribution < 1.29 is 13.9 Å². The van der Waals surface area contributed by atoms with Crippen LogP contribution in [0.4, 0.5) is 4.39 Å². The summed E-state index contributed by atoms with van der Waals surface area (Å²) < 4.78 is 20.6. The summed E-state index contributed by atoms with van der Waals surface area (Å²) in [6.45, 7) is 11.4. The van der Waals surface area contributed by atoms with Gasteiger partial charge in [-0.05, 0) is 79.9 Å². The van der Waals surface area contributed by atoms with Gasteiger partial charge in [-0.3, -0.25) is 4.79 Å². The predicted molar refractivity (Wildman–Crippen MR) is 125 cm³/mol. The quantitative estimate of drug-likeness (QED) is 0.573. The van der Waals surface area contributed by atoms with Crippen molar-refractivity contribution in [3.63, 3.8) is 0 Å². The van der Waals surface area contributed by atoms with E-state index in [9.17, 15) is 9.18 Å². The molecule has 2 saturated carbocycles. The summed E-state index contributed by atoms with van der Waals surface area (Å²) in [4.78, 5) is 19.1. The van der Waals surface area contributed by atoms with Gasteiger partial charge >= 0.3 is 0 Å². The third-order valence-electron chi connectivity index (χ3n) is 7.97. The predicted octanol–water partition coefficient (Wildman–Crippen LogP) is 6.55. The Hall–Kier alpha value is -2.04. The lowest BCUT2D eigenvalue weighted by atomic mass is 9.58. The molecule has 1 aromatic carbocycles. The van der Waals surface area contributed by atoms with Crippen LogP contribution in [0.25, 0.3) is 10.9 Å². The summed E-state index contributed by atoms with van der Waals surface area (Å²) in [5.74, 6) is 0.232. The summed E-state index contributed by atoms with van der Waals surface area (Å²) in [5.41, 5.74) is 2.44. The number of hydrogen-bond acceptors (Lipinski definition) is 2. The van der Waals surface area contributed by atoms with Crippen LogP contribution in [0.5, 0.6) is 5.75 Å². The van der Waals surface area contributed by atoms with Crippen LogP contribution in [0.2, 0.25) is 0 Å². The zero-order valence-electron chi connectivity index (χ0n) is 20.1. The number of hydrogen-bond donors (Lipinski definition) is 1. The van der Waals surface area contributed by atoms with Gasteiger partial charge in [0.25, 0.3) is 0 Å². The van der Waals surface area contributed by atoms with Gasteiger partial charge in [-0.2, -0.15) is 0 Å². The summed E-state index contributed by atoms with van der Waals surface area (Å²) in [5, 5.41) is 0.801. The molecule has 32 heavy (non-hydrogen) atoms. The molecule has 3 fully saturated rings. The lowest BCUT2D eigenvalue weighted by Crippen LogP contribution is -2.58. The molecule has 2 aromatic rings. The van der Waals surface area contributed by atoms with Crippen molar-refractivity contribution in [3.8, 4) is 5.75 Å². The highest BCUT2D eigenvalue weighted by Gasteiger charge is 2.49. The van der Waals surface area contributed by atoms with Crippen molar-refractivity contribution in [2.45, 2.75) is 104 Å². The van der Waals surface area contributed by atoms with E-state index in [2.05, 4.69) is 44.5 Å². The minimum atomic E-state index is -0.322. The Morgan fingerprint density at radius 2 is 2.00 bits per heavy atom. The maximum absolute atomic E-state index is 14.7. The lowest BCUT2D eigenvalue weighted by Gasteiger charge is -2.57. The van der Waals surface area contributed by atoms with Crippen LogP contribution in [-0.4, -0.2) is 34.0 Å². The summed E-state index contributed by atoms with van der Waals surface area (Å²) in [6, 6.07) is 3.82. The molecule has 1 saturated heterocycles. The van der Waals surface area contributed by atoms with Crippen molar-refractivity contribution >= 4 is 16.8 Å².